The highest BCUT2D eigenvalue weighted by molar-refractivity contribution is 7.89. The number of ether oxygens (including phenoxy) is 1. The quantitative estimate of drug-likeness (QED) is 0.809. The standard InChI is InChI=1S/C16H18FN3O5S/c1-9(2)25-13-4-3-10(17)7-14(13)26(23,24)20-6-5-12-11(8-20)15(21)19-16(22)18-12/h3-4,7,9H,5-6,8H2,1-2H3,(H2,18,19,21,22). The molecule has 10 heteroatoms. The molecule has 0 bridgehead atoms. The van der Waals surface area contributed by atoms with Crippen molar-refractivity contribution in [2.45, 2.75) is 37.8 Å². The van der Waals surface area contributed by atoms with E-state index in [1.54, 1.807) is 13.8 Å². The summed E-state index contributed by atoms with van der Waals surface area (Å²) in [5, 5.41) is 0. The van der Waals surface area contributed by atoms with Gasteiger partial charge in [-0.3, -0.25) is 9.78 Å². The molecule has 2 N–H and O–H groups in total. The highest BCUT2D eigenvalue weighted by Crippen LogP contribution is 2.30. The second-order valence-electron chi connectivity index (χ2n) is 6.21. The van der Waals surface area contributed by atoms with Crippen LogP contribution >= 0.6 is 0 Å². The van der Waals surface area contributed by atoms with Crippen LogP contribution in [0.1, 0.15) is 25.1 Å². The van der Waals surface area contributed by atoms with Crippen molar-refractivity contribution in [2.75, 3.05) is 6.54 Å². The molecule has 0 saturated carbocycles. The van der Waals surface area contributed by atoms with Gasteiger partial charge in [-0.25, -0.2) is 17.6 Å². The van der Waals surface area contributed by atoms with Crippen LogP contribution in [-0.2, 0) is 23.0 Å². The van der Waals surface area contributed by atoms with E-state index < -0.39 is 27.1 Å². The van der Waals surface area contributed by atoms with Gasteiger partial charge in [-0.2, -0.15) is 4.31 Å². The van der Waals surface area contributed by atoms with Gasteiger partial charge in [0, 0.05) is 25.2 Å². The molecule has 1 aliphatic rings. The molecule has 0 radical (unpaired) electrons. The van der Waals surface area contributed by atoms with Crippen molar-refractivity contribution in [3.05, 3.63) is 56.1 Å². The first kappa shape index (κ1) is 18.3. The first-order valence-electron chi connectivity index (χ1n) is 7.99. The van der Waals surface area contributed by atoms with Gasteiger partial charge >= 0.3 is 5.69 Å². The van der Waals surface area contributed by atoms with Gasteiger partial charge in [-0.1, -0.05) is 0 Å². The van der Waals surface area contributed by atoms with Crippen LogP contribution in [0.3, 0.4) is 0 Å². The topological polar surface area (TPSA) is 112 Å². The number of aromatic nitrogens is 2. The number of aromatic amines is 2. The lowest BCUT2D eigenvalue weighted by Crippen LogP contribution is -2.41. The summed E-state index contributed by atoms with van der Waals surface area (Å²) in [5.74, 6) is -0.665. The third-order valence-electron chi connectivity index (χ3n) is 3.96. The summed E-state index contributed by atoms with van der Waals surface area (Å²) in [6, 6.07) is 3.29. The lowest BCUT2D eigenvalue weighted by molar-refractivity contribution is 0.234. The van der Waals surface area contributed by atoms with E-state index in [4.69, 9.17) is 4.74 Å². The summed E-state index contributed by atoms with van der Waals surface area (Å²) in [6.07, 6.45) is -0.131. The van der Waals surface area contributed by atoms with Gasteiger partial charge in [-0.05, 0) is 32.0 Å². The zero-order chi connectivity index (χ0) is 19.1. The summed E-state index contributed by atoms with van der Waals surface area (Å²) in [4.78, 5) is 27.6. The van der Waals surface area contributed by atoms with Gasteiger partial charge in [0.1, 0.15) is 16.5 Å². The number of hydrogen-bond acceptors (Lipinski definition) is 5. The number of halogens is 1. The third-order valence-corrected chi connectivity index (χ3v) is 5.83. The largest absolute Gasteiger partial charge is 0.490 e. The highest BCUT2D eigenvalue weighted by atomic mass is 32.2. The van der Waals surface area contributed by atoms with E-state index in [-0.39, 0.29) is 41.8 Å². The van der Waals surface area contributed by atoms with Gasteiger partial charge in [0.2, 0.25) is 10.0 Å². The lowest BCUT2D eigenvalue weighted by atomic mass is 10.1. The number of hydrogen-bond donors (Lipinski definition) is 2. The van der Waals surface area contributed by atoms with E-state index >= 15 is 0 Å². The van der Waals surface area contributed by atoms with Crippen LogP contribution in [0.5, 0.6) is 5.75 Å². The van der Waals surface area contributed by atoms with E-state index in [0.717, 1.165) is 16.4 Å². The predicted octanol–water partition coefficient (Wildman–Crippen LogP) is 0.737. The Balaban J connectivity index is 2.03. The maximum atomic E-state index is 13.7. The van der Waals surface area contributed by atoms with Gasteiger partial charge in [-0.15, -0.1) is 0 Å². The molecule has 140 valence electrons. The maximum Gasteiger partial charge on any atom is 0.325 e. The van der Waals surface area contributed by atoms with Crippen molar-refractivity contribution >= 4 is 10.0 Å². The van der Waals surface area contributed by atoms with Crippen LogP contribution < -0.4 is 16.0 Å². The normalized spacial score (nSPS) is 15.1. The van der Waals surface area contributed by atoms with Gasteiger partial charge < -0.3 is 9.72 Å². The van der Waals surface area contributed by atoms with Crippen molar-refractivity contribution in [3.63, 3.8) is 0 Å². The molecule has 1 aromatic heterocycles. The molecule has 0 spiro atoms. The van der Waals surface area contributed by atoms with Crippen LogP contribution in [0.2, 0.25) is 0 Å². The number of H-pyrrole nitrogens is 2. The molecule has 0 fully saturated rings. The molecule has 1 aliphatic heterocycles. The summed E-state index contributed by atoms with van der Waals surface area (Å²) in [7, 11) is -4.11. The van der Waals surface area contributed by atoms with Crippen molar-refractivity contribution in [1.29, 1.82) is 0 Å². The smallest absolute Gasteiger partial charge is 0.325 e. The van der Waals surface area contributed by atoms with Crippen LogP contribution in [-0.4, -0.2) is 35.3 Å². The number of nitrogens with one attached hydrogen (secondary N) is 2. The van der Waals surface area contributed by atoms with Crippen LogP contribution in [0.15, 0.2) is 32.7 Å². The molecule has 2 aromatic rings. The highest BCUT2D eigenvalue weighted by Gasteiger charge is 2.33. The Kier molecular flexibility index (Phi) is 4.72. The molecule has 0 atom stereocenters. The first-order valence-corrected chi connectivity index (χ1v) is 9.43. The molecule has 0 aliphatic carbocycles. The fourth-order valence-electron chi connectivity index (χ4n) is 2.81. The van der Waals surface area contributed by atoms with Crippen molar-refractivity contribution in [1.82, 2.24) is 14.3 Å². The Hall–Kier alpha value is -2.46. The van der Waals surface area contributed by atoms with Crippen molar-refractivity contribution < 1.29 is 17.5 Å². The second-order valence-corrected chi connectivity index (χ2v) is 8.12. The van der Waals surface area contributed by atoms with Crippen LogP contribution in [0.25, 0.3) is 0 Å². The Labute approximate surface area is 148 Å². The molecular formula is C16H18FN3O5S. The van der Waals surface area contributed by atoms with Crippen molar-refractivity contribution in [2.24, 2.45) is 0 Å². The van der Waals surface area contributed by atoms with Crippen LogP contribution in [0, 0.1) is 5.82 Å². The maximum absolute atomic E-state index is 13.7. The molecule has 0 unspecified atom stereocenters. The lowest BCUT2D eigenvalue weighted by Gasteiger charge is -2.28. The minimum atomic E-state index is -4.11. The Bertz CT molecular complexity index is 1060. The van der Waals surface area contributed by atoms with Gasteiger partial charge in [0.05, 0.1) is 11.7 Å². The van der Waals surface area contributed by atoms with E-state index in [1.807, 2.05) is 0 Å². The zero-order valence-corrected chi connectivity index (χ0v) is 15.0. The minimum Gasteiger partial charge on any atom is -0.490 e. The average Bonchev–Trinajstić information content (AvgIpc) is 2.55. The number of sulfonamides is 1. The third kappa shape index (κ3) is 3.42. The monoisotopic (exact) mass is 383 g/mol. The first-order chi connectivity index (χ1) is 12.2. The molecule has 2 heterocycles. The van der Waals surface area contributed by atoms with Gasteiger partial charge in [0.25, 0.3) is 5.56 Å². The molecular weight excluding hydrogens is 365 g/mol. The Morgan fingerprint density at radius 3 is 2.65 bits per heavy atom. The van der Waals surface area contributed by atoms with E-state index in [9.17, 15) is 22.4 Å². The van der Waals surface area contributed by atoms with E-state index in [1.165, 1.54) is 6.07 Å². The molecule has 3 rings (SSSR count). The minimum absolute atomic E-state index is 0.0441. The molecule has 0 saturated heterocycles. The summed E-state index contributed by atoms with van der Waals surface area (Å²) >= 11 is 0. The molecule has 0 amide bonds. The molecule has 26 heavy (non-hydrogen) atoms. The number of rotatable bonds is 4. The van der Waals surface area contributed by atoms with E-state index in [2.05, 4.69) is 9.97 Å². The molecule has 1 aromatic carbocycles. The second kappa shape index (κ2) is 6.69. The Morgan fingerprint density at radius 1 is 1.23 bits per heavy atom. The summed E-state index contributed by atoms with van der Waals surface area (Å²) in [6.45, 7) is 3.29. The molecule has 8 nitrogen and oxygen atoms in total. The SMILES string of the molecule is CC(C)Oc1ccc(F)cc1S(=O)(=O)N1CCc2[nH]c(=O)[nH]c(=O)c2C1. The predicted molar refractivity (Wildman–Crippen MR) is 91.1 cm³/mol. The van der Waals surface area contributed by atoms with Gasteiger partial charge in [0.15, 0.2) is 0 Å². The number of fused-ring (bicyclic) bond motifs is 1. The number of nitrogens with zero attached hydrogens (tertiary/aromatic N) is 1. The van der Waals surface area contributed by atoms with Crippen molar-refractivity contribution in [3.8, 4) is 5.75 Å². The number of benzene rings is 1. The average molecular weight is 383 g/mol. The van der Waals surface area contributed by atoms with E-state index in [0.29, 0.717) is 5.69 Å². The van der Waals surface area contributed by atoms with Crippen LogP contribution in [0.4, 0.5) is 4.39 Å². The summed E-state index contributed by atoms with van der Waals surface area (Å²) in [5.41, 5.74) is -0.699. The summed E-state index contributed by atoms with van der Waals surface area (Å²) < 4.78 is 46.3. The fourth-order valence-corrected chi connectivity index (χ4v) is 4.35. The zero-order valence-electron chi connectivity index (χ0n) is 14.2. The fraction of sp³-hybridized carbons (Fsp3) is 0.375. The Morgan fingerprint density at radius 2 is 1.96 bits per heavy atom.